The maximum atomic E-state index is 5.69. The Bertz CT molecular complexity index is 730. The number of furan rings is 1. The molecule has 0 fully saturated rings. The van der Waals surface area contributed by atoms with E-state index in [2.05, 4.69) is 22.4 Å². The van der Waals surface area contributed by atoms with Crippen molar-refractivity contribution in [1.29, 1.82) is 0 Å². The lowest BCUT2D eigenvalue weighted by atomic mass is 10.1. The molecule has 0 atom stereocenters. The van der Waals surface area contributed by atoms with Gasteiger partial charge in [0.15, 0.2) is 5.82 Å². The predicted octanol–water partition coefficient (Wildman–Crippen LogP) is 3.81. The number of aromatic nitrogens is 2. The van der Waals surface area contributed by atoms with Crippen LogP contribution in [0, 0.1) is 6.92 Å². The van der Waals surface area contributed by atoms with Gasteiger partial charge in [-0.1, -0.05) is 24.2 Å². The molecule has 2 aromatic heterocycles. The quantitative estimate of drug-likeness (QED) is 0.771. The summed E-state index contributed by atoms with van der Waals surface area (Å²) < 4.78 is 10.9. The minimum absolute atomic E-state index is 0.518. The number of aryl methyl sites for hydroxylation is 2. The van der Waals surface area contributed by atoms with E-state index in [0.717, 1.165) is 29.2 Å². The van der Waals surface area contributed by atoms with Gasteiger partial charge in [0.25, 0.3) is 5.89 Å². The number of rotatable bonds is 5. The second-order valence-corrected chi connectivity index (χ2v) is 4.77. The first kappa shape index (κ1) is 13.4. The fourth-order valence-corrected chi connectivity index (χ4v) is 2.12. The molecule has 5 nitrogen and oxygen atoms in total. The molecule has 0 bridgehead atoms. The summed E-state index contributed by atoms with van der Waals surface area (Å²) in [4.78, 5) is 4.27. The zero-order valence-corrected chi connectivity index (χ0v) is 12.1. The monoisotopic (exact) mass is 283 g/mol. The third kappa shape index (κ3) is 2.97. The molecule has 0 aliphatic heterocycles. The second kappa shape index (κ2) is 5.83. The number of para-hydroxylation sites is 1. The first-order valence-corrected chi connectivity index (χ1v) is 6.97. The highest BCUT2D eigenvalue weighted by Crippen LogP contribution is 2.26. The lowest BCUT2D eigenvalue weighted by Gasteiger charge is -2.08. The van der Waals surface area contributed by atoms with Gasteiger partial charge in [-0.3, -0.25) is 0 Å². The van der Waals surface area contributed by atoms with E-state index >= 15 is 0 Å². The highest BCUT2D eigenvalue weighted by atomic mass is 16.5. The highest BCUT2D eigenvalue weighted by Gasteiger charge is 2.11. The van der Waals surface area contributed by atoms with Crippen molar-refractivity contribution in [2.75, 3.05) is 5.32 Å². The topological polar surface area (TPSA) is 64.1 Å². The molecule has 21 heavy (non-hydrogen) atoms. The molecule has 0 amide bonds. The van der Waals surface area contributed by atoms with Gasteiger partial charge in [0.05, 0.1) is 12.1 Å². The third-order valence-corrected chi connectivity index (χ3v) is 3.20. The summed E-state index contributed by atoms with van der Waals surface area (Å²) in [5, 5.41) is 7.19. The van der Waals surface area contributed by atoms with Gasteiger partial charge in [-0.25, -0.2) is 0 Å². The van der Waals surface area contributed by atoms with Crippen molar-refractivity contribution < 1.29 is 8.94 Å². The van der Waals surface area contributed by atoms with E-state index in [1.54, 1.807) is 6.92 Å². The Balaban J connectivity index is 1.79. The Morgan fingerprint density at radius 3 is 2.62 bits per heavy atom. The summed E-state index contributed by atoms with van der Waals surface area (Å²) in [6.07, 6.45) is 0.901. The lowest BCUT2D eigenvalue weighted by molar-refractivity contribution is 0.425. The van der Waals surface area contributed by atoms with Crippen molar-refractivity contribution >= 4 is 5.69 Å². The van der Waals surface area contributed by atoms with Gasteiger partial charge in [-0.15, -0.1) is 0 Å². The summed E-state index contributed by atoms with van der Waals surface area (Å²) in [6, 6.07) is 11.8. The van der Waals surface area contributed by atoms with E-state index in [4.69, 9.17) is 8.94 Å². The molecular weight excluding hydrogens is 266 g/mol. The largest absolute Gasteiger partial charge is 0.464 e. The molecule has 0 saturated carbocycles. The number of hydrogen-bond donors (Lipinski definition) is 1. The van der Waals surface area contributed by atoms with Gasteiger partial charge >= 0.3 is 0 Å². The molecule has 0 aliphatic carbocycles. The molecule has 3 rings (SSSR count). The molecule has 0 spiro atoms. The van der Waals surface area contributed by atoms with Crippen molar-refractivity contribution in [3.05, 3.63) is 53.7 Å². The van der Waals surface area contributed by atoms with Gasteiger partial charge in [-0.2, -0.15) is 4.98 Å². The Morgan fingerprint density at radius 1 is 1.10 bits per heavy atom. The molecule has 3 aromatic rings. The molecule has 108 valence electrons. The predicted molar refractivity (Wildman–Crippen MR) is 79.9 cm³/mol. The molecule has 5 heteroatoms. The Morgan fingerprint density at radius 2 is 1.90 bits per heavy atom. The van der Waals surface area contributed by atoms with E-state index in [-0.39, 0.29) is 0 Å². The van der Waals surface area contributed by atoms with Crippen LogP contribution in [0.1, 0.15) is 24.3 Å². The van der Waals surface area contributed by atoms with Crippen molar-refractivity contribution in [3.63, 3.8) is 0 Å². The maximum absolute atomic E-state index is 5.69. The van der Waals surface area contributed by atoms with Gasteiger partial charge in [-0.05, 0) is 31.2 Å². The van der Waals surface area contributed by atoms with Crippen LogP contribution in [0.3, 0.4) is 0 Å². The van der Waals surface area contributed by atoms with Crippen LogP contribution in [0.15, 0.2) is 45.3 Å². The number of benzene rings is 1. The van der Waals surface area contributed by atoms with Crippen molar-refractivity contribution in [2.45, 2.75) is 26.8 Å². The summed E-state index contributed by atoms with van der Waals surface area (Å²) >= 11 is 0. The minimum Gasteiger partial charge on any atom is -0.464 e. The molecular formula is C16H17N3O2. The van der Waals surface area contributed by atoms with Crippen LogP contribution >= 0.6 is 0 Å². The van der Waals surface area contributed by atoms with Crippen LogP contribution in [0.2, 0.25) is 0 Å². The number of hydrogen-bond acceptors (Lipinski definition) is 5. The molecule has 0 aliphatic rings. The van der Waals surface area contributed by atoms with Crippen LogP contribution in [0.25, 0.3) is 11.5 Å². The average molecular weight is 283 g/mol. The Kier molecular flexibility index (Phi) is 3.73. The summed E-state index contributed by atoms with van der Waals surface area (Å²) in [5.74, 6) is 3.04. The highest BCUT2D eigenvalue weighted by molar-refractivity contribution is 5.72. The van der Waals surface area contributed by atoms with E-state index in [1.807, 2.05) is 36.4 Å². The van der Waals surface area contributed by atoms with Crippen molar-refractivity contribution in [2.24, 2.45) is 0 Å². The van der Waals surface area contributed by atoms with Crippen LogP contribution in [-0.2, 0) is 13.0 Å². The fourth-order valence-electron chi connectivity index (χ4n) is 2.12. The molecule has 1 aromatic carbocycles. The summed E-state index contributed by atoms with van der Waals surface area (Å²) in [7, 11) is 0. The fraction of sp³-hybridized carbons (Fsp3) is 0.250. The van der Waals surface area contributed by atoms with E-state index < -0.39 is 0 Å². The third-order valence-electron chi connectivity index (χ3n) is 3.20. The second-order valence-electron chi connectivity index (χ2n) is 4.77. The molecule has 1 N–H and O–H groups in total. The molecule has 0 saturated heterocycles. The average Bonchev–Trinajstić information content (AvgIpc) is 3.14. The van der Waals surface area contributed by atoms with Crippen molar-refractivity contribution in [3.8, 4) is 11.5 Å². The van der Waals surface area contributed by atoms with E-state index in [9.17, 15) is 0 Å². The molecule has 0 unspecified atom stereocenters. The maximum Gasteiger partial charge on any atom is 0.260 e. The zero-order valence-electron chi connectivity index (χ0n) is 12.1. The first-order valence-electron chi connectivity index (χ1n) is 6.97. The SMILES string of the molecule is CCc1ccc(CNc2ccccc2-c2nc(C)no2)o1. The molecule has 2 heterocycles. The van der Waals surface area contributed by atoms with Gasteiger partial charge in [0, 0.05) is 12.1 Å². The van der Waals surface area contributed by atoms with Gasteiger partial charge in [0.2, 0.25) is 0 Å². The lowest BCUT2D eigenvalue weighted by Crippen LogP contribution is -2.00. The molecule has 0 radical (unpaired) electrons. The summed E-state index contributed by atoms with van der Waals surface area (Å²) in [6.45, 7) is 4.49. The van der Waals surface area contributed by atoms with E-state index in [1.165, 1.54) is 0 Å². The van der Waals surface area contributed by atoms with E-state index in [0.29, 0.717) is 18.3 Å². The van der Waals surface area contributed by atoms with Crippen LogP contribution in [0.4, 0.5) is 5.69 Å². The standard InChI is InChI=1S/C16H17N3O2/c1-3-12-8-9-13(20-12)10-17-15-7-5-4-6-14(15)16-18-11(2)19-21-16/h4-9,17H,3,10H2,1-2H3. The zero-order chi connectivity index (χ0) is 14.7. The van der Waals surface area contributed by atoms with Gasteiger partial charge < -0.3 is 14.3 Å². The minimum atomic E-state index is 0.518. The smallest absolute Gasteiger partial charge is 0.260 e. The van der Waals surface area contributed by atoms with Crippen LogP contribution in [-0.4, -0.2) is 10.1 Å². The number of nitrogens with one attached hydrogen (secondary N) is 1. The number of nitrogens with zero attached hydrogens (tertiary/aromatic N) is 2. The van der Waals surface area contributed by atoms with Gasteiger partial charge in [0.1, 0.15) is 11.5 Å². The van der Waals surface area contributed by atoms with Crippen LogP contribution < -0.4 is 5.32 Å². The normalized spacial score (nSPS) is 10.8. The Hall–Kier alpha value is -2.56. The van der Waals surface area contributed by atoms with Crippen LogP contribution in [0.5, 0.6) is 0 Å². The number of anilines is 1. The Labute approximate surface area is 123 Å². The first-order chi connectivity index (χ1) is 10.3. The van der Waals surface area contributed by atoms with Crippen molar-refractivity contribution in [1.82, 2.24) is 10.1 Å². The summed E-state index contributed by atoms with van der Waals surface area (Å²) in [5.41, 5.74) is 1.83.